The lowest BCUT2D eigenvalue weighted by molar-refractivity contribution is -0.143. The van der Waals surface area contributed by atoms with E-state index in [1.807, 2.05) is 20.4 Å². The maximum Gasteiger partial charge on any atom is 0.407 e. The van der Waals surface area contributed by atoms with Gasteiger partial charge in [0.25, 0.3) is 0 Å². The van der Waals surface area contributed by atoms with Crippen molar-refractivity contribution in [3.8, 4) is 0 Å². The minimum Gasteiger partial charge on any atom is -0.462 e. The summed E-state index contributed by atoms with van der Waals surface area (Å²) in [5, 5.41) is 2.66. The first kappa shape index (κ1) is 27.6. The van der Waals surface area contributed by atoms with Crippen LogP contribution in [0.25, 0.3) is 0 Å². The molecular formula is C22H35NO8Si. The van der Waals surface area contributed by atoms with Crippen LogP contribution in [0.2, 0.25) is 12.6 Å². The van der Waals surface area contributed by atoms with Gasteiger partial charge in [0, 0.05) is 19.8 Å². The quantitative estimate of drug-likeness (QED) is 0.180. The molecule has 0 fully saturated rings. The van der Waals surface area contributed by atoms with Crippen LogP contribution < -0.4 is 5.32 Å². The summed E-state index contributed by atoms with van der Waals surface area (Å²) in [7, 11) is -2.19. The number of rotatable bonds is 15. The number of carbonyl (C=O) groups is 3. The van der Waals surface area contributed by atoms with Crippen molar-refractivity contribution in [2.45, 2.75) is 46.2 Å². The van der Waals surface area contributed by atoms with Crippen LogP contribution in [-0.4, -0.2) is 66.2 Å². The second-order valence-electron chi connectivity index (χ2n) is 6.98. The molecule has 1 rings (SSSR count). The smallest absolute Gasteiger partial charge is 0.407 e. The second kappa shape index (κ2) is 15.4. The van der Waals surface area contributed by atoms with Gasteiger partial charge in [-0.2, -0.15) is 0 Å². The number of hydrogen-bond donors (Lipinski definition) is 1. The summed E-state index contributed by atoms with van der Waals surface area (Å²) in [5.41, 5.74) is 1.01. The fraction of sp³-hybridized carbons (Fsp3) is 0.591. The van der Waals surface area contributed by atoms with Crippen molar-refractivity contribution in [3.63, 3.8) is 0 Å². The van der Waals surface area contributed by atoms with Crippen molar-refractivity contribution >= 4 is 26.6 Å². The number of nitrogens with one attached hydrogen (secondary N) is 1. The minimum atomic E-state index is -2.19. The molecule has 0 heterocycles. The maximum atomic E-state index is 12.0. The molecule has 1 aromatic rings. The average Bonchev–Trinajstić information content (AvgIpc) is 2.75. The highest BCUT2D eigenvalue weighted by atomic mass is 28.4. The van der Waals surface area contributed by atoms with E-state index in [4.69, 9.17) is 23.1 Å². The number of amides is 1. The largest absolute Gasteiger partial charge is 0.462 e. The SMILES string of the molecule is CCOC(=O)c1cccc(CC(=O)OCCOC(=O)NCCC[Si](C)(OCC)OCC)c1. The van der Waals surface area contributed by atoms with Crippen LogP contribution in [0, 0.1) is 0 Å². The number of esters is 2. The van der Waals surface area contributed by atoms with Crippen LogP contribution in [0.1, 0.15) is 43.1 Å². The van der Waals surface area contributed by atoms with Gasteiger partial charge in [-0.15, -0.1) is 0 Å². The molecule has 0 unspecified atom stereocenters. The fourth-order valence-electron chi connectivity index (χ4n) is 2.98. The van der Waals surface area contributed by atoms with Crippen molar-refractivity contribution in [1.29, 1.82) is 0 Å². The number of alkyl carbamates (subject to hydrolysis) is 1. The van der Waals surface area contributed by atoms with Gasteiger partial charge < -0.3 is 28.4 Å². The summed E-state index contributed by atoms with van der Waals surface area (Å²) >= 11 is 0. The average molecular weight is 470 g/mol. The van der Waals surface area contributed by atoms with Crippen molar-refractivity contribution in [2.24, 2.45) is 0 Å². The molecule has 0 saturated heterocycles. The zero-order valence-corrected chi connectivity index (χ0v) is 20.4. The Kier molecular flexibility index (Phi) is 13.3. The number of benzene rings is 1. The lowest BCUT2D eigenvalue weighted by Gasteiger charge is -2.25. The van der Waals surface area contributed by atoms with Crippen LogP contribution in [-0.2, 0) is 34.3 Å². The molecule has 1 amide bonds. The molecule has 1 N–H and O–H groups in total. The van der Waals surface area contributed by atoms with E-state index >= 15 is 0 Å². The van der Waals surface area contributed by atoms with Gasteiger partial charge in [-0.05, 0) is 57.5 Å². The summed E-state index contributed by atoms with van der Waals surface area (Å²) in [6.45, 7) is 9.44. The highest BCUT2D eigenvalue weighted by Gasteiger charge is 2.29. The third-order valence-electron chi connectivity index (χ3n) is 4.34. The van der Waals surface area contributed by atoms with Crippen molar-refractivity contribution < 1.29 is 37.4 Å². The van der Waals surface area contributed by atoms with E-state index in [1.54, 1.807) is 31.2 Å². The Bertz CT molecular complexity index is 722. The summed E-state index contributed by atoms with van der Waals surface area (Å²) in [6, 6.07) is 7.38. The third kappa shape index (κ3) is 11.3. The number of hydrogen-bond acceptors (Lipinski definition) is 8. The van der Waals surface area contributed by atoms with Crippen LogP contribution in [0.3, 0.4) is 0 Å². The topological polar surface area (TPSA) is 109 Å². The summed E-state index contributed by atoms with van der Waals surface area (Å²) in [4.78, 5) is 35.5. The van der Waals surface area contributed by atoms with Crippen molar-refractivity contribution in [1.82, 2.24) is 5.32 Å². The van der Waals surface area contributed by atoms with E-state index in [9.17, 15) is 14.4 Å². The lowest BCUT2D eigenvalue weighted by atomic mass is 10.1. The first-order chi connectivity index (χ1) is 15.3. The molecular weight excluding hydrogens is 434 g/mol. The van der Waals surface area contributed by atoms with E-state index in [0.717, 1.165) is 12.5 Å². The maximum absolute atomic E-state index is 12.0. The van der Waals surface area contributed by atoms with E-state index in [0.29, 0.717) is 30.9 Å². The zero-order valence-electron chi connectivity index (χ0n) is 19.4. The Hall–Kier alpha value is -2.43. The Morgan fingerprint density at radius 1 is 0.938 bits per heavy atom. The highest BCUT2D eigenvalue weighted by Crippen LogP contribution is 2.15. The standard InChI is InChI=1S/C22H35NO8Si/c1-5-27-21(25)19-11-8-10-18(16-19)17-20(24)28-13-14-29-22(26)23-12-9-15-32(4,30-6-2)31-7-3/h8,10-11,16H,5-7,9,12-15,17H2,1-4H3,(H,23,26). The minimum absolute atomic E-state index is 0.00175. The van der Waals surface area contributed by atoms with Gasteiger partial charge in [0.2, 0.25) is 0 Å². The molecule has 10 heteroatoms. The van der Waals surface area contributed by atoms with Gasteiger partial charge in [-0.3, -0.25) is 4.79 Å². The molecule has 180 valence electrons. The molecule has 0 atom stereocenters. The molecule has 1 aromatic carbocycles. The van der Waals surface area contributed by atoms with Gasteiger partial charge in [0.1, 0.15) is 13.2 Å². The normalized spacial score (nSPS) is 11.0. The molecule has 0 aliphatic carbocycles. The van der Waals surface area contributed by atoms with Crippen LogP contribution in [0.15, 0.2) is 24.3 Å². The Labute approximate surface area is 191 Å². The Morgan fingerprint density at radius 2 is 1.62 bits per heavy atom. The van der Waals surface area contributed by atoms with E-state index in [1.165, 1.54) is 0 Å². The van der Waals surface area contributed by atoms with Crippen LogP contribution in [0.4, 0.5) is 4.79 Å². The predicted molar refractivity (Wildman–Crippen MR) is 121 cm³/mol. The monoisotopic (exact) mass is 469 g/mol. The van der Waals surface area contributed by atoms with Crippen LogP contribution >= 0.6 is 0 Å². The van der Waals surface area contributed by atoms with Crippen molar-refractivity contribution in [3.05, 3.63) is 35.4 Å². The summed E-state index contributed by atoms with van der Waals surface area (Å²) < 4.78 is 26.5. The molecule has 0 spiro atoms. The van der Waals surface area contributed by atoms with Crippen molar-refractivity contribution in [2.75, 3.05) is 39.6 Å². The third-order valence-corrected chi connectivity index (χ3v) is 7.40. The van der Waals surface area contributed by atoms with Gasteiger partial charge in [-0.25, -0.2) is 9.59 Å². The summed E-state index contributed by atoms with van der Waals surface area (Å²) in [5.74, 6) is -0.920. The van der Waals surface area contributed by atoms with Gasteiger partial charge in [0.15, 0.2) is 0 Å². The molecule has 32 heavy (non-hydrogen) atoms. The van der Waals surface area contributed by atoms with Crippen LogP contribution in [0.5, 0.6) is 0 Å². The van der Waals surface area contributed by atoms with Gasteiger partial charge in [0.05, 0.1) is 18.6 Å². The van der Waals surface area contributed by atoms with Gasteiger partial charge in [-0.1, -0.05) is 12.1 Å². The molecule has 0 aliphatic rings. The molecule has 0 aromatic heterocycles. The fourth-order valence-corrected chi connectivity index (χ4v) is 5.39. The van der Waals surface area contributed by atoms with E-state index in [2.05, 4.69) is 5.32 Å². The molecule has 0 aliphatic heterocycles. The van der Waals surface area contributed by atoms with E-state index < -0.39 is 26.6 Å². The molecule has 9 nitrogen and oxygen atoms in total. The predicted octanol–water partition coefficient (Wildman–Crippen LogP) is 3.21. The molecule has 0 bridgehead atoms. The van der Waals surface area contributed by atoms with Gasteiger partial charge >= 0.3 is 26.6 Å². The first-order valence-corrected chi connectivity index (χ1v) is 13.5. The zero-order chi connectivity index (χ0) is 23.8. The lowest BCUT2D eigenvalue weighted by Crippen LogP contribution is -2.39. The number of ether oxygens (including phenoxy) is 3. The molecule has 0 radical (unpaired) electrons. The highest BCUT2D eigenvalue weighted by molar-refractivity contribution is 6.66. The first-order valence-electron chi connectivity index (χ1n) is 10.9. The Balaban J connectivity index is 2.23. The van der Waals surface area contributed by atoms with E-state index in [-0.39, 0.29) is 26.2 Å². The summed E-state index contributed by atoms with van der Waals surface area (Å²) in [6.07, 6.45) is 0.152. The Morgan fingerprint density at radius 3 is 2.28 bits per heavy atom. The number of carbonyl (C=O) groups excluding carboxylic acids is 3. The second-order valence-corrected chi connectivity index (χ2v) is 10.3. The molecule has 0 saturated carbocycles.